The molecule has 0 saturated heterocycles. The lowest BCUT2D eigenvalue weighted by molar-refractivity contribution is -0.121. The molecule has 2 amide bonds. The molecule has 1 atom stereocenters. The van der Waals surface area contributed by atoms with Crippen LogP contribution in [0.3, 0.4) is 0 Å². The number of fused-ring (bicyclic) bond motifs is 2. The minimum atomic E-state index is -1.07. The van der Waals surface area contributed by atoms with Crippen molar-refractivity contribution in [1.82, 2.24) is 15.0 Å². The first-order valence-corrected chi connectivity index (χ1v) is 11.9. The summed E-state index contributed by atoms with van der Waals surface area (Å²) < 4.78 is 25.5. The van der Waals surface area contributed by atoms with Gasteiger partial charge in [0.1, 0.15) is 11.9 Å². The van der Waals surface area contributed by atoms with E-state index in [2.05, 4.69) is 15.5 Å². The Bertz CT molecular complexity index is 1410. The molecular weight excluding hydrogens is 467 g/mol. The molecule has 0 unspecified atom stereocenters. The standard InChI is InChI=1S/C26H27FN4O5/c1-4-35-21-6-5-16-18(29-21)8-10-31(25(34)19-13-20(32)30-36-19)23(16)24(33)28-15-11-14-7-9-26(2,3)22(14)17(27)12-15/h5-6,11-13,23H,4,7-10H2,1-3H3,(H,28,33)(H,30,32)/t23-/m0/s1. The quantitative estimate of drug-likeness (QED) is 0.561. The molecule has 2 N–H and O–H groups in total. The van der Waals surface area contributed by atoms with Gasteiger partial charge in [0.05, 0.1) is 18.4 Å². The topological polar surface area (TPSA) is 118 Å². The molecule has 5 rings (SSSR count). The number of H-pyrrole nitrogens is 1. The lowest BCUT2D eigenvalue weighted by Gasteiger charge is -2.35. The third-order valence-corrected chi connectivity index (χ3v) is 6.85. The van der Waals surface area contributed by atoms with Crippen LogP contribution in [0.5, 0.6) is 5.88 Å². The smallest absolute Gasteiger partial charge is 0.293 e. The summed E-state index contributed by atoms with van der Waals surface area (Å²) in [5, 5.41) is 4.90. The van der Waals surface area contributed by atoms with Crippen LogP contribution < -0.4 is 15.6 Å². The number of halogens is 1. The van der Waals surface area contributed by atoms with Crippen molar-refractivity contribution in [2.45, 2.75) is 51.5 Å². The van der Waals surface area contributed by atoms with Crippen molar-refractivity contribution < 1.29 is 23.2 Å². The molecule has 0 bridgehead atoms. The zero-order valence-electron chi connectivity index (χ0n) is 20.3. The Labute approximate surface area is 206 Å². The summed E-state index contributed by atoms with van der Waals surface area (Å²) in [7, 11) is 0. The van der Waals surface area contributed by atoms with Crippen molar-refractivity contribution >= 4 is 17.5 Å². The average molecular weight is 495 g/mol. The van der Waals surface area contributed by atoms with Crippen molar-refractivity contribution in [3.8, 4) is 5.88 Å². The van der Waals surface area contributed by atoms with E-state index in [1.807, 2.05) is 20.8 Å². The molecule has 2 aromatic heterocycles. The van der Waals surface area contributed by atoms with Crippen molar-refractivity contribution in [2.75, 3.05) is 18.5 Å². The van der Waals surface area contributed by atoms with Crippen molar-refractivity contribution in [2.24, 2.45) is 0 Å². The predicted octanol–water partition coefficient (Wildman–Crippen LogP) is 3.50. The summed E-state index contributed by atoms with van der Waals surface area (Å²) in [6.45, 7) is 6.46. The monoisotopic (exact) mass is 494 g/mol. The molecule has 1 aliphatic heterocycles. The van der Waals surface area contributed by atoms with Crippen LogP contribution in [0.15, 0.2) is 39.6 Å². The third-order valence-electron chi connectivity index (χ3n) is 6.85. The zero-order valence-corrected chi connectivity index (χ0v) is 20.3. The number of aromatic amines is 1. The Morgan fingerprint density at radius 3 is 2.81 bits per heavy atom. The van der Waals surface area contributed by atoms with Gasteiger partial charge >= 0.3 is 0 Å². The van der Waals surface area contributed by atoms with Gasteiger partial charge in [-0.15, -0.1) is 0 Å². The van der Waals surface area contributed by atoms with E-state index in [9.17, 15) is 14.4 Å². The summed E-state index contributed by atoms with van der Waals surface area (Å²) in [5.41, 5.74) is 2.19. The number of carbonyl (C=O) groups excluding carboxylic acids is 2. The molecule has 0 radical (unpaired) electrons. The highest BCUT2D eigenvalue weighted by molar-refractivity contribution is 6.01. The number of ether oxygens (including phenoxy) is 1. The van der Waals surface area contributed by atoms with Gasteiger partial charge in [-0.2, -0.15) is 5.16 Å². The second kappa shape index (κ2) is 8.92. The van der Waals surface area contributed by atoms with Crippen LogP contribution in [0.2, 0.25) is 0 Å². The first-order valence-electron chi connectivity index (χ1n) is 11.9. The van der Waals surface area contributed by atoms with Gasteiger partial charge in [0, 0.05) is 30.3 Å². The van der Waals surface area contributed by atoms with E-state index in [0.29, 0.717) is 41.4 Å². The van der Waals surface area contributed by atoms with Gasteiger partial charge in [0.25, 0.3) is 17.4 Å². The summed E-state index contributed by atoms with van der Waals surface area (Å²) >= 11 is 0. The number of aromatic nitrogens is 2. The summed E-state index contributed by atoms with van der Waals surface area (Å²) in [4.78, 5) is 44.3. The minimum absolute atomic E-state index is 0.161. The first kappa shape index (κ1) is 23.8. The summed E-state index contributed by atoms with van der Waals surface area (Å²) in [6.07, 6.45) is 1.92. The number of nitrogens with one attached hydrogen (secondary N) is 2. The Hall–Kier alpha value is -3.95. The van der Waals surface area contributed by atoms with Gasteiger partial charge in [-0.3, -0.25) is 14.4 Å². The van der Waals surface area contributed by atoms with E-state index in [-0.39, 0.29) is 23.5 Å². The predicted molar refractivity (Wildman–Crippen MR) is 129 cm³/mol. The van der Waals surface area contributed by atoms with E-state index in [4.69, 9.17) is 9.26 Å². The Morgan fingerprint density at radius 2 is 2.08 bits per heavy atom. The fourth-order valence-corrected chi connectivity index (χ4v) is 5.20. The number of pyridine rings is 1. The second-order valence-corrected chi connectivity index (χ2v) is 9.71. The molecule has 1 aliphatic carbocycles. The largest absolute Gasteiger partial charge is 0.478 e. The molecule has 9 nitrogen and oxygen atoms in total. The Morgan fingerprint density at radius 1 is 1.28 bits per heavy atom. The molecule has 188 valence electrons. The molecule has 2 aliphatic rings. The fourth-order valence-electron chi connectivity index (χ4n) is 5.20. The lowest BCUT2D eigenvalue weighted by Crippen LogP contribution is -2.45. The van der Waals surface area contributed by atoms with Crippen molar-refractivity contribution in [1.29, 1.82) is 0 Å². The average Bonchev–Trinajstić information content (AvgIpc) is 3.40. The molecule has 3 aromatic rings. The number of benzene rings is 1. The van der Waals surface area contributed by atoms with E-state index in [0.717, 1.165) is 24.5 Å². The Kier molecular flexibility index (Phi) is 5.89. The molecule has 36 heavy (non-hydrogen) atoms. The molecule has 1 aromatic carbocycles. The molecule has 0 fully saturated rings. The Balaban J connectivity index is 1.51. The molecule has 0 saturated carbocycles. The van der Waals surface area contributed by atoms with E-state index >= 15 is 4.39 Å². The minimum Gasteiger partial charge on any atom is -0.478 e. The first-order chi connectivity index (χ1) is 17.2. The van der Waals surface area contributed by atoms with Gasteiger partial charge in [-0.05, 0) is 54.5 Å². The molecular formula is C26H27FN4O5. The van der Waals surface area contributed by atoms with Gasteiger partial charge in [0.2, 0.25) is 11.6 Å². The highest BCUT2D eigenvalue weighted by Crippen LogP contribution is 2.41. The number of nitrogens with zero attached hydrogens (tertiary/aromatic N) is 2. The maximum atomic E-state index is 15.0. The van der Waals surface area contributed by atoms with Crippen LogP contribution in [0.4, 0.5) is 10.1 Å². The number of hydrogen-bond acceptors (Lipinski definition) is 6. The van der Waals surface area contributed by atoms with Gasteiger partial charge < -0.3 is 19.5 Å². The van der Waals surface area contributed by atoms with E-state index in [1.54, 1.807) is 18.2 Å². The van der Waals surface area contributed by atoms with Crippen LogP contribution in [0.1, 0.15) is 66.2 Å². The fraction of sp³-hybridized carbons (Fsp3) is 0.385. The number of amides is 2. The number of aryl methyl sites for hydroxylation is 1. The normalized spacial score (nSPS) is 17.9. The highest BCUT2D eigenvalue weighted by Gasteiger charge is 2.39. The summed E-state index contributed by atoms with van der Waals surface area (Å²) in [6, 6.07) is 6.43. The SMILES string of the molecule is CCOc1ccc2c(n1)CCN(C(=O)c1cc(=O)[nH]o1)[C@@H]2C(=O)Nc1cc(F)c2c(c1)CCC2(C)C. The number of hydrogen-bond donors (Lipinski definition) is 2. The second-order valence-electron chi connectivity index (χ2n) is 9.71. The maximum absolute atomic E-state index is 15.0. The number of carbonyl (C=O) groups is 2. The van der Waals surface area contributed by atoms with Crippen molar-refractivity contribution in [3.05, 3.63) is 74.6 Å². The van der Waals surface area contributed by atoms with Gasteiger partial charge in [-0.25, -0.2) is 9.37 Å². The molecule has 0 spiro atoms. The summed E-state index contributed by atoms with van der Waals surface area (Å²) in [5.74, 6) is -1.28. The van der Waals surface area contributed by atoms with Crippen LogP contribution >= 0.6 is 0 Å². The lowest BCUT2D eigenvalue weighted by atomic mass is 9.86. The van der Waals surface area contributed by atoms with Crippen LogP contribution in [-0.2, 0) is 23.1 Å². The van der Waals surface area contributed by atoms with E-state index in [1.165, 1.54) is 11.0 Å². The van der Waals surface area contributed by atoms with E-state index < -0.39 is 23.4 Å². The zero-order chi connectivity index (χ0) is 25.6. The van der Waals surface area contributed by atoms with Crippen LogP contribution in [-0.4, -0.2) is 40.0 Å². The van der Waals surface area contributed by atoms with Crippen molar-refractivity contribution in [3.63, 3.8) is 0 Å². The molecule has 3 heterocycles. The van der Waals surface area contributed by atoms with Gasteiger partial charge in [0.15, 0.2) is 0 Å². The number of rotatable bonds is 5. The molecule has 10 heteroatoms. The van der Waals surface area contributed by atoms with Crippen LogP contribution in [0, 0.1) is 5.82 Å². The third kappa shape index (κ3) is 4.16. The van der Waals surface area contributed by atoms with Crippen LogP contribution in [0.25, 0.3) is 0 Å². The maximum Gasteiger partial charge on any atom is 0.293 e. The van der Waals surface area contributed by atoms with Gasteiger partial charge in [-0.1, -0.05) is 13.8 Å². The highest BCUT2D eigenvalue weighted by atomic mass is 19.1. The number of anilines is 1.